The number of hydrogen-bond acceptors (Lipinski definition) is 2. The fourth-order valence-corrected chi connectivity index (χ4v) is 2.37. The number of ether oxygens (including phenoxy) is 1. The normalized spacial score (nSPS) is 12.4. The quantitative estimate of drug-likeness (QED) is 0.887. The number of benzene rings is 2. The minimum atomic E-state index is -0.0840. The molecule has 0 heterocycles. The lowest BCUT2D eigenvalue weighted by Gasteiger charge is -2.17. The molecule has 0 radical (unpaired) electrons. The highest BCUT2D eigenvalue weighted by atomic mass is 16.5. The van der Waals surface area contributed by atoms with Gasteiger partial charge in [0.25, 0.3) is 0 Å². The van der Waals surface area contributed by atoms with Crippen molar-refractivity contribution in [3.63, 3.8) is 0 Å². The van der Waals surface area contributed by atoms with E-state index in [2.05, 4.69) is 37.3 Å². The van der Waals surface area contributed by atoms with Crippen LogP contribution in [0.15, 0.2) is 48.5 Å². The Labute approximate surface area is 121 Å². The minimum Gasteiger partial charge on any atom is -0.491 e. The largest absolute Gasteiger partial charge is 0.491 e. The van der Waals surface area contributed by atoms with E-state index in [1.807, 2.05) is 32.0 Å². The van der Waals surface area contributed by atoms with Crippen LogP contribution in [-0.4, -0.2) is 6.10 Å². The molecule has 0 saturated carbocycles. The predicted octanol–water partition coefficient (Wildman–Crippen LogP) is 4.08. The minimum absolute atomic E-state index is 0.0840. The molecule has 2 nitrogen and oxygen atoms in total. The van der Waals surface area contributed by atoms with Gasteiger partial charge in [0.1, 0.15) is 5.75 Å². The van der Waals surface area contributed by atoms with Crippen LogP contribution >= 0.6 is 0 Å². The van der Waals surface area contributed by atoms with E-state index in [0.717, 1.165) is 17.7 Å². The molecule has 2 heteroatoms. The monoisotopic (exact) mass is 269 g/mol. The second kappa shape index (κ2) is 6.58. The average molecular weight is 269 g/mol. The van der Waals surface area contributed by atoms with Crippen molar-refractivity contribution in [2.24, 2.45) is 5.73 Å². The van der Waals surface area contributed by atoms with Crippen molar-refractivity contribution in [1.29, 1.82) is 0 Å². The maximum absolute atomic E-state index is 6.40. The molecule has 0 aromatic heterocycles. The fourth-order valence-electron chi connectivity index (χ4n) is 2.37. The molecule has 0 aliphatic carbocycles. The van der Waals surface area contributed by atoms with Crippen LogP contribution in [0.25, 0.3) is 0 Å². The third-order valence-corrected chi connectivity index (χ3v) is 3.38. The van der Waals surface area contributed by atoms with E-state index >= 15 is 0 Å². The number of aryl methyl sites for hydroxylation is 1. The van der Waals surface area contributed by atoms with Crippen molar-refractivity contribution in [3.8, 4) is 5.75 Å². The molecule has 0 aliphatic rings. The van der Waals surface area contributed by atoms with Crippen LogP contribution in [0.2, 0.25) is 0 Å². The number of rotatable bonds is 5. The van der Waals surface area contributed by atoms with Crippen molar-refractivity contribution < 1.29 is 4.74 Å². The topological polar surface area (TPSA) is 35.2 Å². The number of hydrogen-bond donors (Lipinski definition) is 1. The van der Waals surface area contributed by atoms with Crippen molar-refractivity contribution in [3.05, 3.63) is 65.2 Å². The van der Waals surface area contributed by atoms with Gasteiger partial charge in [-0.05, 0) is 49.1 Å². The Bertz CT molecular complexity index is 546. The summed E-state index contributed by atoms with van der Waals surface area (Å²) in [7, 11) is 0. The fraction of sp³-hybridized carbons (Fsp3) is 0.333. The van der Waals surface area contributed by atoms with Crippen LogP contribution in [0, 0.1) is 0 Å². The van der Waals surface area contributed by atoms with Gasteiger partial charge in [0, 0.05) is 0 Å². The lowest BCUT2D eigenvalue weighted by atomic mass is 9.94. The van der Waals surface area contributed by atoms with Gasteiger partial charge in [-0.15, -0.1) is 0 Å². The van der Waals surface area contributed by atoms with Crippen LogP contribution in [0.1, 0.15) is 43.5 Å². The summed E-state index contributed by atoms with van der Waals surface area (Å²) in [5, 5.41) is 0. The van der Waals surface area contributed by atoms with E-state index in [1.54, 1.807) is 0 Å². The molecule has 0 fully saturated rings. The molecule has 0 aliphatic heterocycles. The van der Waals surface area contributed by atoms with Crippen LogP contribution in [0.3, 0.4) is 0 Å². The highest BCUT2D eigenvalue weighted by molar-refractivity contribution is 5.39. The van der Waals surface area contributed by atoms with Gasteiger partial charge in [0.15, 0.2) is 0 Å². The summed E-state index contributed by atoms with van der Waals surface area (Å²) < 4.78 is 5.66. The molecule has 0 amide bonds. The first-order valence-corrected chi connectivity index (χ1v) is 7.21. The van der Waals surface area contributed by atoms with E-state index in [0.29, 0.717) is 0 Å². The van der Waals surface area contributed by atoms with Crippen molar-refractivity contribution in [1.82, 2.24) is 0 Å². The zero-order valence-electron chi connectivity index (χ0n) is 12.5. The molecule has 0 spiro atoms. The van der Waals surface area contributed by atoms with Crippen LogP contribution < -0.4 is 10.5 Å². The summed E-state index contributed by atoms with van der Waals surface area (Å²) in [5.41, 5.74) is 10.0. The van der Waals surface area contributed by atoms with Crippen LogP contribution in [-0.2, 0) is 6.42 Å². The Balaban J connectivity index is 2.22. The standard InChI is InChI=1S/C18H23NO/c1-4-14-7-5-6-8-17(14)18(19)15-9-11-16(12-10-15)20-13(2)3/h5-13,18H,4,19H2,1-3H3. The first kappa shape index (κ1) is 14.6. The summed E-state index contributed by atoms with van der Waals surface area (Å²) in [4.78, 5) is 0. The summed E-state index contributed by atoms with van der Waals surface area (Å²) >= 11 is 0. The van der Waals surface area contributed by atoms with Crippen molar-refractivity contribution >= 4 is 0 Å². The lowest BCUT2D eigenvalue weighted by molar-refractivity contribution is 0.242. The van der Waals surface area contributed by atoms with E-state index in [4.69, 9.17) is 10.5 Å². The van der Waals surface area contributed by atoms with Gasteiger partial charge in [-0.1, -0.05) is 43.3 Å². The highest BCUT2D eigenvalue weighted by Gasteiger charge is 2.12. The average Bonchev–Trinajstić information content (AvgIpc) is 2.46. The van der Waals surface area contributed by atoms with Crippen molar-refractivity contribution in [2.45, 2.75) is 39.3 Å². The van der Waals surface area contributed by atoms with E-state index in [-0.39, 0.29) is 12.1 Å². The summed E-state index contributed by atoms with van der Waals surface area (Å²) in [6, 6.07) is 16.4. The molecule has 20 heavy (non-hydrogen) atoms. The van der Waals surface area contributed by atoms with Crippen LogP contribution in [0.5, 0.6) is 5.75 Å². The van der Waals surface area contributed by atoms with E-state index < -0.39 is 0 Å². The second-order valence-corrected chi connectivity index (χ2v) is 5.27. The van der Waals surface area contributed by atoms with Gasteiger partial charge in [-0.25, -0.2) is 0 Å². The highest BCUT2D eigenvalue weighted by Crippen LogP contribution is 2.25. The molecule has 1 unspecified atom stereocenters. The van der Waals surface area contributed by atoms with Gasteiger partial charge in [0.2, 0.25) is 0 Å². The Hall–Kier alpha value is -1.80. The van der Waals surface area contributed by atoms with Gasteiger partial charge in [-0.3, -0.25) is 0 Å². The zero-order valence-corrected chi connectivity index (χ0v) is 12.5. The Morgan fingerprint density at radius 1 is 1.00 bits per heavy atom. The summed E-state index contributed by atoms with van der Waals surface area (Å²) in [6.45, 7) is 6.21. The molecule has 2 aromatic carbocycles. The molecule has 2 N–H and O–H groups in total. The third kappa shape index (κ3) is 3.40. The molecule has 106 valence electrons. The van der Waals surface area contributed by atoms with E-state index in [9.17, 15) is 0 Å². The number of nitrogens with two attached hydrogens (primary N) is 1. The maximum atomic E-state index is 6.40. The molecule has 2 rings (SSSR count). The van der Waals surface area contributed by atoms with Crippen LogP contribution in [0.4, 0.5) is 0 Å². The third-order valence-electron chi connectivity index (χ3n) is 3.38. The van der Waals surface area contributed by atoms with Gasteiger partial charge in [0.05, 0.1) is 12.1 Å². The molecular formula is C18H23NO. The molecule has 0 bridgehead atoms. The molecule has 1 atom stereocenters. The SMILES string of the molecule is CCc1ccccc1C(N)c1ccc(OC(C)C)cc1. The first-order chi connectivity index (χ1) is 9.61. The smallest absolute Gasteiger partial charge is 0.119 e. The Morgan fingerprint density at radius 3 is 2.25 bits per heavy atom. The second-order valence-electron chi connectivity index (χ2n) is 5.27. The lowest BCUT2D eigenvalue weighted by Crippen LogP contribution is -2.14. The van der Waals surface area contributed by atoms with Gasteiger partial charge in [-0.2, -0.15) is 0 Å². The molecular weight excluding hydrogens is 246 g/mol. The Morgan fingerprint density at radius 2 is 1.65 bits per heavy atom. The molecule has 0 saturated heterocycles. The maximum Gasteiger partial charge on any atom is 0.119 e. The first-order valence-electron chi connectivity index (χ1n) is 7.21. The summed E-state index contributed by atoms with van der Waals surface area (Å²) in [6.07, 6.45) is 1.19. The summed E-state index contributed by atoms with van der Waals surface area (Å²) in [5.74, 6) is 0.889. The van der Waals surface area contributed by atoms with Gasteiger partial charge < -0.3 is 10.5 Å². The molecule has 2 aromatic rings. The van der Waals surface area contributed by atoms with E-state index in [1.165, 1.54) is 11.1 Å². The van der Waals surface area contributed by atoms with Gasteiger partial charge >= 0.3 is 0 Å². The zero-order chi connectivity index (χ0) is 14.5. The predicted molar refractivity (Wildman–Crippen MR) is 84.1 cm³/mol. The Kier molecular flexibility index (Phi) is 4.80. The van der Waals surface area contributed by atoms with Crippen molar-refractivity contribution in [2.75, 3.05) is 0 Å².